The zero-order valence-electron chi connectivity index (χ0n) is 18.6. The predicted molar refractivity (Wildman–Crippen MR) is 129 cm³/mol. The first kappa shape index (κ1) is 22.4. The standard InChI is InChI=1S/C27H25ClN2O4/c28-21-9-10-24(34-17-26(32)33)23(13-21)27-22-8-4-3-5-18(22)11-12-30(27)25(31)16-29-14-19-6-1-2-7-20(19)15-29/h1-10,13,27H,11-12,14-17H2,(H,32,33). The van der Waals surface area contributed by atoms with Gasteiger partial charge < -0.3 is 14.7 Å². The van der Waals surface area contributed by atoms with Gasteiger partial charge in [0.1, 0.15) is 5.75 Å². The minimum atomic E-state index is -1.06. The predicted octanol–water partition coefficient (Wildman–Crippen LogP) is 4.29. The molecule has 5 rings (SSSR count). The Morgan fingerprint density at radius 2 is 1.62 bits per heavy atom. The van der Waals surface area contributed by atoms with E-state index in [0.29, 0.717) is 29.4 Å². The van der Waals surface area contributed by atoms with Crippen LogP contribution in [0.15, 0.2) is 66.7 Å². The molecule has 2 aliphatic rings. The van der Waals surface area contributed by atoms with Crippen molar-refractivity contribution in [1.29, 1.82) is 0 Å². The molecule has 0 aromatic heterocycles. The molecule has 2 heterocycles. The van der Waals surface area contributed by atoms with E-state index in [2.05, 4.69) is 23.1 Å². The van der Waals surface area contributed by atoms with Crippen LogP contribution in [0.4, 0.5) is 0 Å². The van der Waals surface area contributed by atoms with E-state index >= 15 is 0 Å². The van der Waals surface area contributed by atoms with Crippen molar-refractivity contribution in [3.63, 3.8) is 0 Å². The fraction of sp³-hybridized carbons (Fsp3) is 0.259. The molecule has 3 aromatic carbocycles. The Kier molecular flexibility index (Phi) is 6.26. The highest BCUT2D eigenvalue weighted by molar-refractivity contribution is 6.30. The number of fused-ring (bicyclic) bond motifs is 2. The minimum absolute atomic E-state index is 0.0245. The number of rotatable bonds is 6. The molecule has 1 N–H and O–H groups in total. The second-order valence-corrected chi connectivity index (χ2v) is 9.15. The summed E-state index contributed by atoms with van der Waals surface area (Å²) in [6.07, 6.45) is 0.754. The number of amides is 1. The zero-order chi connectivity index (χ0) is 23.7. The smallest absolute Gasteiger partial charge is 0.341 e. The number of carboxylic acids is 1. The Bertz CT molecular complexity index is 1220. The van der Waals surface area contributed by atoms with Crippen LogP contribution in [0.2, 0.25) is 5.02 Å². The van der Waals surface area contributed by atoms with E-state index in [-0.39, 0.29) is 5.91 Å². The van der Waals surface area contributed by atoms with Crippen molar-refractivity contribution in [2.75, 3.05) is 19.7 Å². The summed E-state index contributed by atoms with van der Waals surface area (Å²) in [5.74, 6) is -0.622. The normalized spacial score (nSPS) is 17.2. The second kappa shape index (κ2) is 9.49. The number of carbonyl (C=O) groups is 2. The van der Waals surface area contributed by atoms with Gasteiger partial charge in [0, 0.05) is 30.2 Å². The summed E-state index contributed by atoms with van der Waals surface area (Å²) >= 11 is 6.36. The number of aliphatic carboxylic acids is 1. The molecule has 3 aromatic rings. The van der Waals surface area contributed by atoms with Crippen molar-refractivity contribution in [1.82, 2.24) is 9.80 Å². The number of carbonyl (C=O) groups excluding carboxylic acids is 1. The largest absolute Gasteiger partial charge is 0.482 e. The number of ether oxygens (including phenoxy) is 1. The molecule has 0 spiro atoms. The first-order valence-corrected chi connectivity index (χ1v) is 11.7. The highest BCUT2D eigenvalue weighted by atomic mass is 35.5. The number of hydrogen-bond donors (Lipinski definition) is 1. The summed E-state index contributed by atoms with van der Waals surface area (Å²) in [6.45, 7) is 1.90. The van der Waals surface area contributed by atoms with Gasteiger partial charge in [-0.2, -0.15) is 0 Å². The monoisotopic (exact) mass is 476 g/mol. The molecule has 0 fully saturated rings. The van der Waals surface area contributed by atoms with Crippen LogP contribution >= 0.6 is 11.6 Å². The van der Waals surface area contributed by atoms with Gasteiger partial charge in [-0.05, 0) is 46.9 Å². The number of carboxylic acid groups (broad SMARTS) is 1. The van der Waals surface area contributed by atoms with E-state index in [9.17, 15) is 9.59 Å². The van der Waals surface area contributed by atoms with Crippen molar-refractivity contribution in [3.05, 3.63) is 99.6 Å². The minimum Gasteiger partial charge on any atom is -0.482 e. The van der Waals surface area contributed by atoms with E-state index in [1.807, 2.05) is 35.2 Å². The van der Waals surface area contributed by atoms with E-state index in [1.165, 1.54) is 11.1 Å². The lowest BCUT2D eigenvalue weighted by atomic mass is 9.87. The van der Waals surface area contributed by atoms with Crippen molar-refractivity contribution >= 4 is 23.5 Å². The molecule has 1 unspecified atom stereocenters. The second-order valence-electron chi connectivity index (χ2n) is 8.72. The van der Waals surface area contributed by atoms with Gasteiger partial charge in [0.15, 0.2) is 6.61 Å². The molecule has 0 radical (unpaired) electrons. The van der Waals surface area contributed by atoms with Gasteiger partial charge in [-0.15, -0.1) is 0 Å². The lowest BCUT2D eigenvalue weighted by Crippen LogP contribution is -2.44. The van der Waals surface area contributed by atoms with Gasteiger partial charge in [0.25, 0.3) is 0 Å². The zero-order valence-corrected chi connectivity index (χ0v) is 19.4. The third kappa shape index (κ3) is 4.52. The third-order valence-corrected chi connectivity index (χ3v) is 6.72. The van der Waals surface area contributed by atoms with Crippen LogP contribution in [0.25, 0.3) is 0 Å². The third-order valence-electron chi connectivity index (χ3n) is 6.49. The first-order chi connectivity index (χ1) is 16.5. The summed E-state index contributed by atoms with van der Waals surface area (Å²) in [7, 11) is 0. The molecular weight excluding hydrogens is 452 g/mol. The molecular formula is C27H25ClN2O4. The molecule has 0 aliphatic carbocycles. The van der Waals surface area contributed by atoms with E-state index in [0.717, 1.165) is 30.6 Å². The van der Waals surface area contributed by atoms with E-state index in [4.69, 9.17) is 21.4 Å². The SMILES string of the molecule is O=C(O)COc1ccc(Cl)cc1C1c2ccccc2CCN1C(=O)CN1Cc2ccccc2C1. The quantitative estimate of drug-likeness (QED) is 0.574. The number of hydrogen-bond acceptors (Lipinski definition) is 4. The van der Waals surface area contributed by atoms with Gasteiger partial charge in [0.2, 0.25) is 5.91 Å². The van der Waals surface area contributed by atoms with Crippen LogP contribution in [0, 0.1) is 0 Å². The molecule has 1 atom stereocenters. The van der Waals surface area contributed by atoms with E-state index < -0.39 is 18.6 Å². The van der Waals surface area contributed by atoms with Crippen LogP contribution in [0.5, 0.6) is 5.75 Å². The molecule has 2 aliphatic heterocycles. The van der Waals surface area contributed by atoms with Gasteiger partial charge in [-0.1, -0.05) is 60.1 Å². The molecule has 7 heteroatoms. The first-order valence-electron chi connectivity index (χ1n) is 11.3. The Hall–Kier alpha value is -3.35. The molecule has 174 valence electrons. The Morgan fingerprint density at radius 1 is 0.941 bits per heavy atom. The van der Waals surface area contributed by atoms with Gasteiger partial charge >= 0.3 is 5.97 Å². The summed E-state index contributed by atoms with van der Waals surface area (Å²) in [5, 5.41) is 9.64. The van der Waals surface area contributed by atoms with Gasteiger partial charge in [0.05, 0.1) is 12.6 Å². The van der Waals surface area contributed by atoms with Crippen LogP contribution in [0.1, 0.15) is 33.9 Å². The average molecular weight is 477 g/mol. The topological polar surface area (TPSA) is 70.1 Å². The lowest BCUT2D eigenvalue weighted by molar-refractivity contribution is -0.139. The fourth-order valence-corrected chi connectivity index (χ4v) is 5.15. The molecule has 1 amide bonds. The number of benzene rings is 3. The number of halogens is 1. The van der Waals surface area contributed by atoms with Crippen molar-refractivity contribution < 1.29 is 19.4 Å². The van der Waals surface area contributed by atoms with Crippen LogP contribution in [-0.2, 0) is 29.1 Å². The maximum absolute atomic E-state index is 13.7. The number of nitrogens with zero attached hydrogens (tertiary/aromatic N) is 2. The Labute approximate surface area is 203 Å². The van der Waals surface area contributed by atoms with Crippen LogP contribution in [-0.4, -0.2) is 46.5 Å². The van der Waals surface area contributed by atoms with Crippen molar-refractivity contribution in [2.45, 2.75) is 25.6 Å². The molecule has 0 bridgehead atoms. The highest BCUT2D eigenvalue weighted by Gasteiger charge is 2.35. The van der Waals surface area contributed by atoms with Crippen LogP contribution in [0.3, 0.4) is 0 Å². The van der Waals surface area contributed by atoms with E-state index in [1.54, 1.807) is 18.2 Å². The Balaban J connectivity index is 1.48. The summed E-state index contributed by atoms with van der Waals surface area (Å²) < 4.78 is 5.62. The van der Waals surface area contributed by atoms with Gasteiger partial charge in [-0.25, -0.2) is 4.79 Å². The molecule has 0 saturated carbocycles. The molecule has 0 saturated heterocycles. The van der Waals surface area contributed by atoms with Crippen LogP contribution < -0.4 is 4.74 Å². The van der Waals surface area contributed by atoms with Gasteiger partial charge in [-0.3, -0.25) is 9.69 Å². The highest BCUT2D eigenvalue weighted by Crippen LogP contribution is 2.40. The Morgan fingerprint density at radius 3 is 2.32 bits per heavy atom. The maximum Gasteiger partial charge on any atom is 0.341 e. The maximum atomic E-state index is 13.7. The average Bonchev–Trinajstić information content (AvgIpc) is 3.24. The van der Waals surface area contributed by atoms with Crippen molar-refractivity contribution in [2.24, 2.45) is 0 Å². The summed E-state index contributed by atoms with van der Waals surface area (Å²) in [6, 6.07) is 21.0. The van der Waals surface area contributed by atoms with Crippen molar-refractivity contribution in [3.8, 4) is 5.75 Å². The summed E-state index contributed by atoms with van der Waals surface area (Å²) in [5.41, 5.74) is 5.38. The summed E-state index contributed by atoms with van der Waals surface area (Å²) in [4.78, 5) is 28.9. The fourth-order valence-electron chi connectivity index (χ4n) is 4.97. The lowest BCUT2D eigenvalue weighted by Gasteiger charge is -2.39. The molecule has 6 nitrogen and oxygen atoms in total. The molecule has 34 heavy (non-hydrogen) atoms.